The summed E-state index contributed by atoms with van der Waals surface area (Å²) in [4.78, 5) is 10.6. The number of hydrogen-bond donors (Lipinski definition) is 0. The van der Waals surface area contributed by atoms with Gasteiger partial charge in [0.25, 0.3) is 0 Å². The lowest BCUT2D eigenvalue weighted by Gasteiger charge is -2.14. The Morgan fingerprint density at radius 1 is 1.11 bits per heavy atom. The molecule has 1 rings (SSSR count). The van der Waals surface area contributed by atoms with Crippen molar-refractivity contribution < 1.29 is 19.0 Å². The summed E-state index contributed by atoms with van der Waals surface area (Å²) in [6, 6.07) is 3.59. The molecule has 98 valence electrons. The first kappa shape index (κ1) is 14.1. The molecule has 0 bridgehead atoms. The Kier molecular flexibility index (Phi) is 5.24. The van der Waals surface area contributed by atoms with Crippen molar-refractivity contribution in [1.82, 2.24) is 0 Å². The van der Waals surface area contributed by atoms with Gasteiger partial charge >= 0.3 is 0 Å². The highest BCUT2D eigenvalue weighted by Gasteiger charge is 2.12. The number of methoxy groups -OCH3 is 3. The van der Waals surface area contributed by atoms with Crippen molar-refractivity contribution in [3.63, 3.8) is 0 Å². The number of carbonyl (C=O) groups is 1. The molecule has 0 N–H and O–H groups in total. The van der Waals surface area contributed by atoms with Crippen LogP contribution in [-0.2, 0) is 11.2 Å². The van der Waals surface area contributed by atoms with Gasteiger partial charge in [-0.25, -0.2) is 0 Å². The van der Waals surface area contributed by atoms with Gasteiger partial charge in [-0.3, -0.25) is 4.79 Å². The first-order valence-electron chi connectivity index (χ1n) is 5.57. The van der Waals surface area contributed by atoms with Gasteiger partial charge in [-0.15, -0.1) is 0 Å². The summed E-state index contributed by atoms with van der Waals surface area (Å²) < 4.78 is 15.8. The predicted molar refractivity (Wildman–Crippen MR) is 69.6 cm³/mol. The van der Waals surface area contributed by atoms with Gasteiger partial charge in [0.15, 0.2) is 0 Å². The van der Waals surface area contributed by atoms with Crippen LogP contribution < -0.4 is 14.2 Å². The van der Waals surface area contributed by atoms with Gasteiger partial charge in [0.2, 0.25) is 0 Å². The molecule has 0 fully saturated rings. The molecule has 0 spiro atoms. The van der Waals surface area contributed by atoms with Crippen LogP contribution in [-0.4, -0.2) is 27.6 Å². The molecule has 0 aliphatic carbocycles. The molecule has 1 aromatic rings. The normalized spacial score (nSPS) is 11.0. The molecule has 0 unspecified atom stereocenters. The Balaban J connectivity index is 3.18. The molecule has 1 aromatic carbocycles. The molecule has 0 atom stereocenters. The summed E-state index contributed by atoms with van der Waals surface area (Å²) in [6.45, 7) is 1.76. The van der Waals surface area contributed by atoms with E-state index in [1.807, 2.05) is 6.08 Å². The van der Waals surface area contributed by atoms with Gasteiger partial charge in [-0.2, -0.15) is 0 Å². The molecule has 0 heterocycles. The summed E-state index contributed by atoms with van der Waals surface area (Å²) in [5, 5.41) is 0. The first-order chi connectivity index (χ1) is 8.65. The van der Waals surface area contributed by atoms with E-state index in [0.717, 1.165) is 11.8 Å². The van der Waals surface area contributed by atoms with E-state index in [-0.39, 0.29) is 0 Å². The summed E-state index contributed by atoms with van der Waals surface area (Å²) >= 11 is 0. The van der Waals surface area contributed by atoms with E-state index in [9.17, 15) is 4.79 Å². The van der Waals surface area contributed by atoms with E-state index in [1.165, 1.54) is 0 Å². The second-order valence-electron chi connectivity index (χ2n) is 3.78. The van der Waals surface area contributed by atoms with Crippen molar-refractivity contribution in [1.29, 1.82) is 0 Å². The molecule has 0 aliphatic heterocycles. The first-order valence-corrected chi connectivity index (χ1v) is 5.57. The van der Waals surface area contributed by atoms with Crippen LogP contribution in [0.2, 0.25) is 0 Å². The number of carbonyl (C=O) groups excluding carboxylic acids is 1. The van der Waals surface area contributed by atoms with E-state index in [2.05, 4.69) is 0 Å². The molecule has 0 saturated heterocycles. The predicted octanol–water partition coefficient (Wildman–Crippen LogP) is 2.40. The standard InChI is InChI=1S/C14H18O4/c1-10(9-15)5-6-12-13(17-3)7-11(16-2)8-14(12)18-4/h5,7-9H,6H2,1-4H3/b10-5-. The van der Waals surface area contributed by atoms with Crippen molar-refractivity contribution in [3.8, 4) is 17.2 Å². The van der Waals surface area contributed by atoms with Gasteiger partial charge in [0, 0.05) is 17.7 Å². The van der Waals surface area contributed by atoms with Crippen LogP contribution in [0.1, 0.15) is 12.5 Å². The Hall–Kier alpha value is -1.97. The smallest absolute Gasteiger partial charge is 0.145 e. The largest absolute Gasteiger partial charge is 0.496 e. The minimum Gasteiger partial charge on any atom is -0.496 e. The van der Waals surface area contributed by atoms with E-state index in [4.69, 9.17) is 14.2 Å². The zero-order valence-electron chi connectivity index (χ0n) is 11.1. The van der Waals surface area contributed by atoms with Crippen LogP contribution >= 0.6 is 0 Å². The highest BCUT2D eigenvalue weighted by Crippen LogP contribution is 2.34. The maximum absolute atomic E-state index is 10.6. The lowest BCUT2D eigenvalue weighted by atomic mass is 10.1. The number of rotatable bonds is 6. The van der Waals surface area contributed by atoms with Crippen LogP contribution in [0.5, 0.6) is 17.2 Å². The third-order valence-corrected chi connectivity index (χ3v) is 2.63. The van der Waals surface area contributed by atoms with E-state index >= 15 is 0 Å². The third-order valence-electron chi connectivity index (χ3n) is 2.63. The molecule has 18 heavy (non-hydrogen) atoms. The molecule has 4 nitrogen and oxygen atoms in total. The van der Waals surface area contributed by atoms with Gasteiger partial charge in [-0.05, 0) is 18.9 Å². The van der Waals surface area contributed by atoms with E-state index < -0.39 is 0 Å². The summed E-state index contributed by atoms with van der Waals surface area (Å²) in [6.07, 6.45) is 3.23. The lowest BCUT2D eigenvalue weighted by Crippen LogP contribution is -1.98. The van der Waals surface area contributed by atoms with E-state index in [0.29, 0.717) is 29.2 Å². The molecule has 0 amide bonds. The Morgan fingerprint density at radius 3 is 2.06 bits per heavy atom. The number of ether oxygens (including phenoxy) is 3. The van der Waals surface area contributed by atoms with Crippen LogP contribution in [0, 0.1) is 0 Å². The fraction of sp³-hybridized carbons (Fsp3) is 0.357. The van der Waals surface area contributed by atoms with Gasteiger partial charge in [-0.1, -0.05) is 6.08 Å². The minimum absolute atomic E-state index is 0.570. The molecular formula is C14H18O4. The van der Waals surface area contributed by atoms with Crippen molar-refractivity contribution in [3.05, 3.63) is 29.3 Å². The van der Waals surface area contributed by atoms with Crippen molar-refractivity contribution >= 4 is 6.29 Å². The quantitative estimate of drug-likeness (QED) is 0.574. The number of allylic oxidation sites excluding steroid dienone is 2. The van der Waals surface area contributed by atoms with Crippen LogP contribution in [0.3, 0.4) is 0 Å². The van der Waals surface area contributed by atoms with Gasteiger partial charge in [0.05, 0.1) is 21.3 Å². The SMILES string of the molecule is COc1cc(OC)c(C/C=C(/C)C=O)c(OC)c1. The summed E-state index contributed by atoms with van der Waals surface area (Å²) in [5.74, 6) is 2.03. The minimum atomic E-state index is 0.570. The second-order valence-corrected chi connectivity index (χ2v) is 3.78. The fourth-order valence-electron chi connectivity index (χ4n) is 1.59. The molecule has 0 aromatic heterocycles. The molecule has 4 heteroatoms. The summed E-state index contributed by atoms with van der Waals surface area (Å²) in [7, 11) is 4.77. The molecular weight excluding hydrogens is 232 g/mol. The topological polar surface area (TPSA) is 44.8 Å². The third kappa shape index (κ3) is 3.26. The summed E-state index contributed by atoms with van der Waals surface area (Å²) in [5.41, 5.74) is 1.57. The molecule has 0 radical (unpaired) electrons. The lowest BCUT2D eigenvalue weighted by molar-refractivity contribution is -0.104. The average molecular weight is 250 g/mol. The zero-order chi connectivity index (χ0) is 13.5. The second kappa shape index (κ2) is 6.69. The highest BCUT2D eigenvalue weighted by atomic mass is 16.5. The Bertz CT molecular complexity index is 424. The Morgan fingerprint density at radius 2 is 1.67 bits per heavy atom. The fourth-order valence-corrected chi connectivity index (χ4v) is 1.59. The number of hydrogen-bond acceptors (Lipinski definition) is 4. The average Bonchev–Trinajstić information content (AvgIpc) is 2.43. The monoisotopic (exact) mass is 250 g/mol. The van der Waals surface area contributed by atoms with Crippen LogP contribution in [0.4, 0.5) is 0 Å². The molecule has 0 saturated carbocycles. The van der Waals surface area contributed by atoms with Crippen molar-refractivity contribution in [2.24, 2.45) is 0 Å². The maximum atomic E-state index is 10.6. The van der Waals surface area contributed by atoms with E-state index in [1.54, 1.807) is 40.4 Å². The number of aldehydes is 1. The highest BCUT2D eigenvalue weighted by molar-refractivity contribution is 5.72. The Labute approximate surface area is 107 Å². The van der Waals surface area contributed by atoms with Crippen LogP contribution in [0.15, 0.2) is 23.8 Å². The van der Waals surface area contributed by atoms with Gasteiger partial charge < -0.3 is 14.2 Å². The number of benzene rings is 1. The van der Waals surface area contributed by atoms with Gasteiger partial charge in [0.1, 0.15) is 23.5 Å². The maximum Gasteiger partial charge on any atom is 0.145 e. The van der Waals surface area contributed by atoms with Crippen molar-refractivity contribution in [2.45, 2.75) is 13.3 Å². The zero-order valence-corrected chi connectivity index (χ0v) is 11.1. The van der Waals surface area contributed by atoms with Crippen LogP contribution in [0.25, 0.3) is 0 Å². The molecule has 0 aliphatic rings. The van der Waals surface area contributed by atoms with Crippen molar-refractivity contribution in [2.75, 3.05) is 21.3 Å².